The molecule has 0 bridgehead atoms. The number of rotatable bonds is 10. The topological polar surface area (TPSA) is 131 Å². The number of benzene rings is 3. The van der Waals surface area contributed by atoms with Crippen LogP contribution in [0.15, 0.2) is 89.3 Å². The number of aliphatic hydroxyl groups is 1. The van der Waals surface area contributed by atoms with Gasteiger partial charge in [0.15, 0.2) is 0 Å². The van der Waals surface area contributed by atoms with Gasteiger partial charge >= 0.3 is 5.92 Å². The van der Waals surface area contributed by atoms with Crippen LogP contribution in [0.25, 0.3) is 0 Å². The van der Waals surface area contributed by atoms with Crippen molar-refractivity contribution in [3.8, 4) is 23.7 Å². The average molecular weight is 606 g/mol. The van der Waals surface area contributed by atoms with Gasteiger partial charge in [-0.25, -0.2) is 13.2 Å². The van der Waals surface area contributed by atoms with Crippen LogP contribution >= 0.6 is 0 Å². The van der Waals surface area contributed by atoms with Crippen LogP contribution in [0.1, 0.15) is 33.5 Å². The molecule has 1 heterocycles. The van der Waals surface area contributed by atoms with Crippen molar-refractivity contribution in [1.82, 2.24) is 4.98 Å². The number of nitrogens with two attached hydrogens (primary N) is 1. The van der Waals surface area contributed by atoms with E-state index in [0.717, 1.165) is 47.7 Å². The van der Waals surface area contributed by atoms with Crippen molar-refractivity contribution >= 4 is 6.34 Å². The van der Waals surface area contributed by atoms with Crippen molar-refractivity contribution in [2.75, 3.05) is 6.54 Å². The van der Waals surface area contributed by atoms with Crippen molar-refractivity contribution in [2.45, 2.75) is 18.1 Å². The highest BCUT2D eigenvalue weighted by Gasteiger charge is 2.58. The van der Waals surface area contributed by atoms with Crippen molar-refractivity contribution < 1.29 is 37.1 Å². The van der Waals surface area contributed by atoms with Crippen LogP contribution in [0.4, 0.5) is 22.0 Å². The highest BCUT2D eigenvalue weighted by molar-refractivity contribution is 5.44. The Morgan fingerprint density at radius 2 is 1.68 bits per heavy atom. The molecule has 0 amide bonds. The first-order valence-electron chi connectivity index (χ1n) is 12.7. The fraction of sp³-hybridized carbons (Fsp3) is 0.129. The van der Waals surface area contributed by atoms with Gasteiger partial charge in [-0.3, -0.25) is 10.3 Å². The molecule has 0 fully saturated rings. The first-order valence-corrected chi connectivity index (χ1v) is 12.7. The number of nitrogens with zero attached hydrogens (tertiary/aromatic N) is 4. The van der Waals surface area contributed by atoms with Crippen LogP contribution in [0.2, 0.25) is 0 Å². The molecule has 8 nitrogen and oxygen atoms in total. The van der Waals surface area contributed by atoms with E-state index >= 15 is 8.78 Å². The van der Waals surface area contributed by atoms with Crippen LogP contribution in [-0.2, 0) is 18.1 Å². The number of nitrogens with one attached hydrogen (secondary N) is 1. The molecule has 4 aromatic rings. The molecular weight excluding hydrogens is 583 g/mol. The van der Waals surface area contributed by atoms with Gasteiger partial charge in [-0.05, 0) is 59.3 Å². The minimum atomic E-state index is -4.16. The van der Waals surface area contributed by atoms with Gasteiger partial charge in [-0.15, -0.1) is 0 Å². The molecule has 4 N–H and O–H groups in total. The molecule has 44 heavy (non-hydrogen) atoms. The molecule has 13 heteroatoms. The maximum atomic E-state index is 15.8. The zero-order valence-electron chi connectivity index (χ0n) is 22.6. The van der Waals surface area contributed by atoms with Crippen LogP contribution in [-0.4, -0.2) is 23.0 Å². The van der Waals surface area contributed by atoms with Gasteiger partial charge in [0.2, 0.25) is 11.9 Å². The molecule has 222 valence electrons. The first kappa shape index (κ1) is 31.4. The predicted octanol–water partition coefficient (Wildman–Crippen LogP) is 4.87. The number of alkyl halides is 2. The second-order valence-electron chi connectivity index (χ2n) is 9.28. The lowest BCUT2D eigenvalue weighted by molar-refractivity contribution is -0.561. The van der Waals surface area contributed by atoms with E-state index in [1.807, 2.05) is 0 Å². The van der Waals surface area contributed by atoms with E-state index in [-0.39, 0.29) is 17.7 Å². The summed E-state index contributed by atoms with van der Waals surface area (Å²) < 4.78 is 78.6. The fourth-order valence-electron chi connectivity index (χ4n) is 4.08. The first-order chi connectivity index (χ1) is 21.1. The summed E-state index contributed by atoms with van der Waals surface area (Å²) >= 11 is 0. The summed E-state index contributed by atoms with van der Waals surface area (Å²) in [6, 6.07) is 16.6. The number of aromatic nitrogens is 1. The molecule has 4 rings (SSSR count). The highest BCUT2D eigenvalue weighted by atomic mass is 19.3. The summed E-state index contributed by atoms with van der Waals surface area (Å²) in [6.07, 6.45) is 1.96. The second kappa shape index (κ2) is 13.6. The van der Waals surface area contributed by atoms with Crippen LogP contribution in [0, 0.1) is 46.2 Å². The molecular formula is C31H22F5N6O2+. The Morgan fingerprint density at radius 1 is 0.955 bits per heavy atom. The Balaban J connectivity index is 1.49. The maximum Gasteiger partial charge on any atom is 0.327 e. The van der Waals surface area contributed by atoms with Gasteiger partial charge in [0.25, 0.3) is 0 Å². The van der Waals surface area contributed by atoms with Crippen molar-refractivity contribution in [3.05, 3.63) is 130 Å². The number of pyridine rings is 1. The molecule has 0 aliphatic carbocycles. The molecule has 0 aliphatic heterocycles. The maximum absolute atomic E-state index is 15.8. The number of ether oxygens (including phenoxy) is 1. The zero-order valence-corrected chi connectivity index (χ0v) is 22.6. The molecule has 3 aromatic carbocycles. The summed E-state index contributed by atoms with van der Waals surface area (Å²) in [7, 11) is 0. The zero-order chi connectivity index (χ0) is 31.7. The lowest BCUT2D eigenvalue weighted by atomic mass is 9.84. The minimum absolute atomic E-state index is 0.127. The van der Waals surface area contributed by atoms with Crippen LogP contribution < -0.4 is 10.1 Å². The summed E-state index contributed by atoms with van der Waals surface area (Å²) in [5, 5.41) is 26.9. The van der Waals surface area contributed by atoms with Crippen LogP contribution in [0.3, 0.4) is 0 Å². The van der Waals surface area contributed by atoms with E-state index in [2.05, 4.69) is 27.1 Å². The SMILES string of the molecule is N#Cc1cc(OCc2ccc(C#Cc3ccc(C(F)(F)C(O)(C[NH2+]/C=N\N=N)c4ccc(F)cc4F)nc3)cc2)ccc1F. The van der Waals surface area contributed by atoms with Gasteiger partial charge in [-0.1, -0.05) is 29.1 Å². The van der Waals surface area contributed by atoms with Crippen molar-refractivity contribution in [2.24, 2.45) is 10.3 Å². The lowest BCUT2D eigenvalue weighted by Gasteiger charge is -2.34. The van der Waals surface area contributed by atoms with E-state index in [1.54, 1.807) is 30.3 Å². The molecule has 1 unspecified atom stereocenters. The van der Waals surface area contributed by atoms with Gasteiger partial charge in [0, 0.05) is 35.0 Å². The minimum Gasteiger partial charge on any atom is -0.489 e. The molecule has 1 atom stereocenters. The predicted molar refractivity (Wildman–Crippen MR) is 147 cm³/mol. The molecule has 0 saturated heterocycles. The number of halogens is 5. The fourth-order valence-corrected chi connectivity index (χ4v) is 4.08. The summed E-state index contributed by atoms with van der Waals surface area (Å²) in [4.78, 5) is 3.77. The number of nitriles is 1. The highest BCUT2D eigenvalue weighted by Crippen LogP contribution is 2.44. The van der Waals surface area contributed by atoms with Gasteiger partial charge < -0.3 is 9.84 Å². The molecule has 1 aromatic heterocycles. The summed E-state index contributed by atoms with van der Waals surface area (Å²) in [5.74, 6) is -1.19. The Hall–Kier alpha value is -5.50. The third kappa shape index (κ3) is 7.10. The molecule has 0 saturated carbocycles. The Kier molecular flexibility index (Phi) is 9.75. The molecule has 0 radical (unpaired) electrons. The Bertz CT molecular complexity index is 1780. The number of quaternary nitrogens is 1. The quantitative estimate of drug-likeness (QED) is 0.0595. The third-order valence-corrected chi connectivity index (χ3v) is 6.39. The smallest absolute Gasteiger partial charge is 0.327 e. The molecule has 0 spiro atoms. The van der Waals surface area contributed by atoms with Crippen LogP contribution in [0.5, 0.6) is 5.75 Å². The van der Waals surface area contributed by atoms with E-state index in [1.165, 1.54) is 18.2 Å². The van der Waals surface area contributed by atoms with Gasteiger partial charge in [0.1, 0.15) is 48.1 Å². The van der Waals surface area contributed by atoms with Crippen molar-refractivity contribution in [3.63, 3.8) is 0 Å². The monoisotopic (exact) mass is 605 g/mol. The number of hydrogen-bond donors (Lipinski definition) is 3. The average Bonchev–Trinajstić information content (AvgIpc) is 3.02. The van der Waals surface area contributed by atoms with Crippen molar-refractivity contribution in [1.29, 1.82) is 10.8 Å². The van der Waals surface area contributed by atoms with E-state index in [0.29, 0.717) is 17.4 Å². The third-order valence-electron chi connectivity index (χ3n) is 6.39. The Morgan fingerprint density at radius 3 is 2.34 bits per heavy atom. The van der Waals surface area contributed by atoms with Gasteiger partial charge in [0.05, 0.1) is 5.56 Å². The lowest BCUT2D eigenvalue weighted by Crippen LogP contribution is -2.87. The normalized spacial score (nSPS) is 12.6. The van der Waals surface area contributed by atoms with E-state index in [4.69, 9.17) is 15.5 Å². The van der Waals surface area contributed by atoms with E-state index in [9.17, 15) is 18.3 Å². The van der Waals surface area contributed by atoms with Gasteiger partial charge in [-0.2, -0.15) is 19.6 Å². The Labute approximate surface area is 248 Å². The largest absolute Gasteiger partial charge is 0.489 e. The van der Waals surface area contributed by atoms with E-state index < -0.39 is 46.8 Å². The number of hydrogen-bond acceptors (Lipinski definition) is 6. The summed E-state index contributed by atoms with van der Waals surface area (Å²) in [6.45, 7) is -0.710. The standard InChI is InChI=1S/C31H21F5N6O2/c32-24-8-10-26(28(34)14-24)30(43,18-39-19-41-42-38)31(35,36)29-12-7-21(16-40-29)4-1-20-2-5-22(6-3-20)17-44-25-9-11-27(33)23(13-25)15-37/h2-3,5-14,16,19,43H,17-18H2,(H2,38,39,41)/p+1. The second-order valence-corrected chi connectivity index (χ2v) is 9.28. The molecule has 0 aliphatic rings. The summed E-state index contributed by atoms with van der Waals surface area (Å²) in [5.41, 5.74) is 3.21.